The van der Waals surface area contributed by atoms with Crippen molar-refractivity contribution in [2.45, 2.75) is 65.7 Å². The summed E-state index contributed by atoms with van der Waals surface area (Å²) >= 11 is 1.30. The van der Waals surface area contributed by atoms with Crippen LogP contribution in [0.25, 0.3) is 39.3 Å². The Bertz CT molecular complexity index is 2820. The first-order valence-corrected chi connectivity index (χ1v) is 21.5. The molecule has 3 heterocycles. The average molecular weight is 912 g/mol. The monoisotopic (exact) mass is 911 g/mol. The van der Waals surface area contributed by atoms with Crippen molar-refractivity contribution < 1.29 is 47.7 Å². The molecular weight excluding hydrogens is 867 g/mol. The zero-order valence-corrected chi connectivity index (χ0v) is 37.4. The molecule has 0 saturated carbocycles. The van der Waals surface area contributed by atoms with Crippen LogP contribution in [-0.4, -0.2) is 92.4 Å². The van der Waals surface area contributed by atoms with Crippen molar-refractivity contribution in [3.05, 3.63) is 137 Å². The highest BCUT2D eigenvalue weighted by molar-refractivity contribution is 7.07. The van der Waals surface area contributed by atoms with Crippen molar-refractivity contribution in [1.82, 2.24) is 19.4 Å². The summed E-state index contributed by atoms with van der Waals surface area (Å²) in [5, 5.41) is 21.5. The number of nitrogens with zero attached hydrogens (tertiary/aromatic N) is 7. The summed E-state index contributed by atoms with van der Waals surface area (Å²) in [6, 6.07) is 37.4. The van der Waals surface area contributed by atoms with Crippen molar-refractivity contribution in [3.8, 4) is 39.3 Å². The first-order valence-electron chi connectivity index (χ1n) is 20.6. The largest absolute Gasteiger partial charge is 0.462 e. The van der Waals surface area contributed by atoms with Crippen molar-refractivity contribution in [2.24, 2.45) is 15.3 Å². The van der Waals surface area contributed by atoms with Crippen LogP contribution in [0.5, 0.6) is 0 Å². The number of para-hydroxylation sites is 1. The number of thiazole rings is 1. The van der Waals surface area contributed by atoms with Crippen LogP contribution in [0.1, 0.15) is 40.2 Å². The Morgan fingerprint density at radius 3 is 1.92 bits per heavy atom. The van der Waals surface area contributed by atoms with E-state index in [1.807, 2.05) is 103 Å². The van der Waals surface area contributed by atoms with Crippen molar-refractivity contribution in [2.75, 3.05) is 6.61 Å². The van der Waals surface area contributed by atoms with Gasteiger partial charge in [-0.2, -0.15) is 15.2 Å². The molecule has 1 amide bonds. The second-order valence-corrected chi connectivity index (χ2v) is 15.7. The molecule has 338 valence electrons. The molecule has 0 bridgehead atoms. The van der Waals surface area contributed by atoms with Gasteiger partial charge in [0.25, 0.3) is 0 Å². The molecule has 0 spiro atoms. The Labute approximate surface area is 383 Å². The van der Waals surface area contributed by atoms with Crippen LogP contribution < -0.4 is 4.80 Å². The molecule has 4 atom stereocenters. The quantitative estimate of drug-likeness (QED) is 0.0443. The average Bonchev–Trinajstić information content (AvgIpc) is 4.05. The van der Waals surface area contributed by atoms with Gasteiger partial charge in [-0.05, 0) is 28.8 Å². The van der Waals surface area contributed by atoms with Crippen LogP contribution in [0.3, 0.4) is 0 Å². The Morgan fingerprint density at radius 2 is 1.32 bits per heavy atom. The number of hydrazone groups is 1. The van der Waals surface area contributed by atoms with Crippen LogP contribution in [0.2, 0.25) is 0 Å². The molecule has 0 saturated heterocycles. The maximum atomic E-state index is 13.2. The molecular formula is C48H45N7O10S. The Hall–Kier alpha value is -7.99. The van der Waals surface area contributed by atoms with Gasteiger partial charge in [0, 0.05) is 57.3 Å². The minimum Gasteiger partial charge on any atom is -0.462 e. The zero-order valence-electron chi connectivity index (χ0n) is 36.5. The summed E-state index contributed by atoms with van der Waals surface area (Å²) < 4.78 is 31.6. The number of rotatable bonds is 16. The maximum Gasteiger partial charge on any atom is 0.303 e. The number of benzene rings is 4. The number of amides is 1. The first kappa shape index (κ1) is 46.0. The van der Waals surface area contributed by atoms with E-state index < -0.39 is 60.9 Å². The highest BCUT2D eigenvalue weighted by Gasteiger charge is 2.49. The van der Waals surface area contributed by atoms with Gasteiger partial charge in [-0.1, -0.05) is 103 Å². The molecule has 2 aromatic heterocycles. The third-order valence-electron chi connectivity index (χ3n) is 9.91. The number of carbonyl (C=O) groups is 5. The van der Waals surface area contributed by atoms with E-state index in [9.17, 15) is 24.0 Å². The van der Waals surface area contributed by atoms with E-state index in [0.29, 0.717) is 21.8 Å². The molecule has 1 aliphatic rings. The molecule has 1 unspecified atom stereocenters. The van der Waals surface area contributed by atoms with Gasteiger partial charge in [0.05, 0.1) is 17.6 Å². The molecule has 7 rings (SSSR count). The molecule has 18 heteroatoms. The fraction of sp³-hybridized carbons (Fsp3) is 0.229. The lowest BCUT2D eigenvalue weighted by molar-refractivity contribution is -0.205. The fourth-order valence-electron chi connectivity index (χ4n) is 7.10. The summed E-state index contributed by atoms with van der Waals surface area (Å²) in [6.07, 6.45) is -2.81. The summed E-state index contributed by atoms with van der Waals surface area (Å²) in [5.41, 5.74) is 6.80. The van der Waals surface area contributed by atoms with Gasteiger partial charge in [0.2, 0.25) is 22.8 Å². The molecule has 17 nitrogen and oxygen atoms in total. The molecule has 0 aliphatic carbocycles. The lowest BCUT2D eigenvalue weighted by Crippen LogP contribution is -2.56. The topological polar surface area (TPSA) is 195 Å². The molecule has 6 aromatic rings. The van der Waals surface area contributed by atoms with Crippen molar-refractivity contribution >= 4 is 53.2 Å². The van der Waals surface area contributed by atoms with E-state index in [1.165, 1.54) is 18.3 Å². The van der Waals surface area contributed by atoms with Crippen LogP contribution in [-0.2, 0) is 54.2 Å². The highest BCUT2D eigenvalue weighted by Crippen LogP contribution is 2.29. The Kier molecular flexibility index (Phi) is 14.7. The predicted molar refractivity (Wildman–Crippen MR) is 243 cm³/mol. The number of esters is 4. The zero-order chi connectivity index (χ0) is 46.7. The Balaban J connectivity index is 1.25. The van der Waals surface area contributed by atoms with Crippen molar-refractivity contribution in [3.63, 3.8) is 0 Å². The third kappa shape index (κ3) is 11.4. The van der Waals surface area contributed by atoms with Gasteiger partial charge < -0.3 is 28.3 Å². The van der Waals surface area contributed by atoms with Crippen LogP contribution in [0.15, 0.2) is 142 Å². The smallest absolute Gasteiger partial charge is 0.303 e. The maximum absolute atomic E-state index is 13.2. The molecule has 0 radical (unpaired) electrons. The van der Waals surface area contributed by atoms with E-state index in [1.54, 1.807) is 15.5 Å². The minimum atomic E-state index is -1.65. The number of carbonyl (C=O) groups excluding carboxylic acids is 5. The number of aromatic nitrogens is 3. The van der Waals surface area contributed by atoms with E-state index in [0.717, 1.165) is 60.6 Å². The van der Waals surface area contributed by atoms with Gasteiger partial charge in [-0.15, -0.1) is 21.5 Å². The molecule has 0 fully saturated rings. The third-order valence-corrected chi connectivity index (χ3v) is 10.8. The van der Waals surface area contributed by atoms with Crippen molar-refractivity contribution in [1.29, 1.82) is 0 Å². The van der Waals surface area contributed by atoms with E-state index in [4.69, 9.17) is 28.8 Å². The van der Waals surface area contributed by atoms with Gasteiger partial charge in [0.15, 0.2) is 18.3 Å². The predicted octanol–water partition coefficient (Wildman–Crippen LogP) is 6.55. The van der Waals surface area contributed by atoms with Gasteiger partial charge in [-0.3, -0.25) is 24.0 Å². The van der Waals surface area contributed by atoms with E-state index >= 15 is 0 Å². The lowest BCUT2D eigenvalue weighted by Gasteiger charge is -2.35. The number of ether oxygens (including phenoxy) is 5. The second-order valence-electron chi connectivity index (χ2n) is 14.8. The highest BCUT2D eigenvalue weighted by atomic mass is 32.1. The standard InChI is InChI=1S/C48H45N7O10S/c1-30(56)55-47(46(64-34(5)60)45(63-33(4)59)42(62-32(3)58)28-61-31(2)57)65-43(51-55)27-53-41(37-17-11-7-12-18-37)29-66-48(53)50-49-25-39-26-54(40-19-13-8-14-20-40)52-44(39)38-23-21-36(22-24-38)35-15-9-6-10-16-35/h6-26,29,42,45-47H,27-28H2,1-5H3/b49-25+,50-48-/t42-,45+,46-,47?/m1/s1. The van der Waals surface area contributed by atoms with Crippen LogP contribution in [0.4, 0.5) is 0 Å². The summed E-state index contributed by atoms with van der Waals surface area (Å²) in [4.78, 5) is 62.8. The fourth-order valence-corrected chi connectivity index (χ4v) is 7.96. The van der Waals surface area contributed by atoms with E-state index in [2.05, 4.69) is 39.6 Å². The normalized spacial score (nSPS) is 15.0. The number of hydrogen-bond acceptors (Lipinski definition) is 15. The molecule has 4 aromatic carbocycles. The van der Waals surface area contributed by atoms with Crippen LogP contribution in [0, 0.1) is 0 Å². The minimum absolute atomic E-state index is 0.0238. The molecule has 0 N–H and O–H groups in total. The van der Waals surface area contributed by atoms with E-state index in [-0.39, 0.29) is 12.4 Å². The van der Waals surface area contributed by atoms with Gasteiger partial charge >= 0.3 is 23.9 Å². The van der Waals surface area contributed by atoms with Gasteiger partial charge in [0.1, 0.15) is 18.8 Å². The Morgan fingerprint density at radius 1 is 0.727 bits per heavy atom. The number of hydrogen-bond donors (Lipinski definition) is 0. The molecule has 66 heavy (non-hydrogen) atoms. The first-order chi connectivity index (χ1) is 31.8. The SMILES string of the molecule is CC(=O)OC[C@@H](OC(C)=O)[C@H](OC(C)=O)[C@@H](OC(C)=O)C1OC(Cn2c(-c3ccccc3)cs/c2=N\N=C\c2cn(-c3ccccc3)nc2-c2ccc(-c3ccccc3)cc2)=NN1C(C)=O. The lowest BCUT2D eigenvalue weighted by atomic mass is 10.0. The summed E-state index contributed by atoms with van der Waals surface area (Å²) in [6.45, 7) is 4.92. The van der Waals surface area contributed by atoms with Gasteiger partial charge in [-0.25, -0.2) is 4.68 Å². The second kappa shape index (κ2) is 21.1. The molecule has 1 aliphatic heterocycles. The summed E-state index contributed by atoms with van der Waals surface area (Å²) in [7, 11) is 0. The van der Waals surface area contributed by atoms with Crippen LogP contribution >= 0.6 is 11.3 Å². The summed E-state index contributed by atoms with van der Waals surface area (Å²) in [5.74, 6) is -3.92.